The van der Waals surface area contributed by atoms with Crippen molar-refractivity contribution in [3.63, 3.8) is 0 Å². The molecule has 0 bridgehead atoms. The summed E-state index contributed by atoms with van der Waals surface area (Å²) in [5, 5.41) is 7.63. The predicted octanol–water partition coefficient (Wildman–Crippen LogP) is 5.21. The maximum atomic E-state index is 12.0. The Kier molecular flexibility index (Phi) is 6.61. The largest absolute Gasteiger partial charge is 0.478 e. The zero-order valence-electron chi connectivity index (χ0n) is 11.7. The minimum Gasteiger partial charge on any atom is -0.478 e. The second-order valence-corrected chi connectivity index (χ2v) is 4.93. The number of carbonyl (C=O) groups is 1. The lowest BCUT2D eigenvalue weighted by atomic mass is 10.2. The van der Waals surface area contributed by atoms with Gasteiger partial charge in [0.1, 0.15) is 21.7 Å². The molecule has 0 fully saturated rings. The number of carboxylic acid groups (broad SMARTS) is 1. The second-order valence-electron chi connectivity index (χ2n) is 4.18. The molecule has 0 saturated heterocycles. The summed E-state index contributed by atoms with van der Waals surface area (Å²) in [5.74, 6) is -1.42. The summed E-state index contributed by atoms with van der Waals surface area (Å²) in [6, 6.07) is 4.69. The Morgan fingerprint density at radius 1 is 0.880 bits per heavy atom. The summed E-state index contributed by atoms with van der Waals surface area (Å²) in [6.45, 7) is 0. The van der Waals surface area contributed by atoms with E-state index in [-0.39, 0.29) is 5.15 Å². The molecule has 0 amide bonds. The molecule has 0 aliphatic rings. The van der Waals surface area contributed by atoms with Gasteiger partial charge in [0.15, 0.2) is 0 Å². The Morgan fingerprint density at radius 3 is 1.76 bits per heavy atom. The normalized spacial score (nSPS) is 11.5. The average molecular weight is 407 g/mol. The van der Waals surface area contributed by atoms with Gasteiger partial charge in [0.05, 0.1) is 5.56 Å². The van der Waals surface area contributed by atoms with Gasteiger partial charge in [0, 0.05) is 0 Å². The van der Waals surface area contributed by atoms with E-state index in [1.54, 1.807) is 0 Å². The molecule has 0 spiro atoms. The highest BCUT2D eigenvalue weighted by atomic mass is 35.5. The first kappa shape index (κ1) is 21.0. The highest BCUT2D eigenvalue weighted by Gasteiger charge is 2.33. The fourth-order valence-electron chi connectivity index (χ4n) is 1.32. The standard InChI is InChI=1S/C7H3ClF3NO2.C6H3ClF3N/c8-5-3(6(13)14)1-2-4(12-5)7(9,10)11;7-5-3-1-2-4(11-5)6(8,9)10/h1-2H,(H,13,14);1-3H. The van der Waals surface area contributed by atoms with Gasteiger partial charge in [-0.05, 0) is 24.3 Å². The molecule has 0 atom stereocenters. The first-order valence-corrected chi connectivity index (χ1v) is 6.74. The number of alkyl halides is 6. The first-order valence-electron chi connectivity index (χ1n) is 5.99. The zero-order valence-corrected chi connectivity index (χ0v) is 13.2. The molecule has 2 aromatic heterocycles. The predicted molar refractivity (Wildman–Crippen MR) is 75.5 cm³/mol. The molecular formula is C13H6Cl2F6N2O2. The van der Waals surface area contributed by atoms with E-state index in [9.17, 15) is 31.1 Å². The molecule has 136 valence electrons. The topological polar surface area (TPSA) is 63.1 Å². The summed E-state index contributed by atoms with van der Waals surface area (Å²) in [4.78, 5) is 16.4. The Bertz CT molecular complexity index is 765. The van der Waals surface area contributed by atoms with Crippen LogP contribution in [0.5, 0.6) is 0 Å². The molecule has 0 radical (unpaired) electrons. The minimum atomic E-state index is -4.62. The molecule has 2 rings (SSSR count). The third-order valence-electron chi connectivity index (χ3n) is 2.38. The van der Waals surface area contributed by atoms with Crippen LogP contribution < -0.4 is 0 Å². The van der Waals surface area contributed by atoms with Gasteiger partial charge in [-0.15, -0.1) is 0 Å². The van der Waals surface area contributed by atoms with Crippen LogP contribution in [-0.2, 0) is 12.4 Å². The molecule has 25 heavy (non-hydrogen) atoms. The molecule has 0 saturated carbocycles. The van der Waals surface area contributed by atoms with Gasteiger partial charge in [-0.2, -0.15) is 26.3 Å². The van der Waals surface area contributed by atoms with Gasteiger partial charge in [0.25, 0.3) is 0 Å². The highest BCUT2D eigenvalue weighted by molar-refractivity contribution is 6.32. The van der Waals surface area contributed by atoms with Crippen molar-refractivity contribution in [2.75, 3.05) is 0 Å². The van der Waals surface area contributed by atoms with Crippen LogP contribution in [0.25, 0.3) is 0 Å². The Morgan fingerprint density at radius 2 is 1.40 bits per heavy atom. The van der Waals surface area contributed by atoms with E-state index in [1.165, 1.54) is 12.1 Å². The van der Waals surface area contributed by atoms with Crippen LogP contribution in [0.2, 0.25) is 10.3 Å². The molecule has 1 N–H and O–H groups in total. The average Bonchev–Trinajstić information content (AvgIpc) is 2.45. The maximum Gasteiger partial charge on any atom is 0.433 e. The van der Waals surface area contributed by atoms with Crippen molar-refractivity contribution in [3.05, 3.63) is 57.6 Å². The SMILES string of the molecule is FC(F)(F)c1cccc(Cl)n1.O=C(O)c1ccc(C(F)(F)F)nc1Cl. The third-order valence-corrected chi connectivity index (χ3v) is 2.87. The second kappa shape index (κ2) is 7.87. The van der Waals surface area contributed by atoms with E-state index < -0.39 is 40.4 Å². The van der Waals surface area contributed by atoms with Crippen LogP contribution >= 0.6 is 23.2 Å². The molecule has 2 heterocycles. The molecular weight excluding hydrogens is 401 g/mol. The monoisotopic (exact) mass is 406 g/mol. The molecule has 0 unspecified atom stereocenters. The number of pyridine rings is 2. The first-order chi connectivity index (χ1) is 11.3. The number of hydrogen-bond acceptors (Lipinski definition) is 3. The smallest absolute Gasteiger partial charge is 0.433 e. The van der Waals surface area contributed by atoms with Crippen LogP contribution in [0.4, 0.5) is 26.3 Å². The number of hydrogen-bond donors (Lipinski definition) is 1. The van der Waals surface area contributed by atoms with Crippen molar-refractivity contribution in [1.82, 2.24) is 9.97 Å². The fraction of sp³-hybridized carbons (Fsp3) is 0.154. The fourth-order valence-corrected chi connectivity index (χ4v) is 1.72. The van der Waals surface area contributed by atoms with Crippen molar-refractivity contribution in [3.8, 4) is 0 Å². The van der Waals surface area contributed by atoms with Gasteiger partial charge < -0.3 is 5.11 Å². The summed E-state index contributed by atoms with van der Waals surface area (Å²) in [7, 11) is 0. The number of nitrogens with zero attached hydrogens (tertiary/aromatic N) is 2. The van der Waals surface area contributed by atoms with Gasteiger partial charge >= 0.3 is 18.3 Å². The summed E-state index contributed by atoms with van der Waals surface area (Å²) in [6.07, 6.45) is -9.04. The number of carboxylic acids is 1. The Balaban J connectivity index is 0.000000257. The third kappa shape index (κ3) is 6.39. The van der Waals surface area contributed by atoms with E-state index >= 15 is 0 Å². The van der Waals surface area contributed by atoms with Gasteiger partial charge in [-0.3, -0.25) is 0 Å². The van der Waals surface area contributed by atoms with Gasteiger partial charge in [-0.25, -0.2) is 14.8 Å². The van der Waals surface area contributed by atoms with E-state index in [0.717, 1.165) is 12.1 Å². The van der Waals surface area contributed by atoms with Gasteiger partial charge in [-0.1, -0.05) is 29.3 Å². The Labute approximate surface area is 146 Å². The number of halogens is 8. The lowest BCUT2D eigenvalue weighted by Gasteiger charge is -2.06. The minimum absolute atomic E-state index is 0.153. The van der Waals surface area contributed by atoms with E-state index in [2.05, 4.69) is 9.97 Å². The molecule has 2 aromatic rings. The molecule has 0 aliphatic carbocycles. The highest BCUT2D eigenvalue weighted by Crippen LogP contribution is 2.29. The van der Waals surface area contributed by atoms with Gasteiger partial charge in [0.2, 0.25) is 0 Å². The number of rotatable bonds is 1. The summed E-state index contributed by atoms with van der Waals surface area (Å²) < 4.78 is 71.6. The van der Waals surface area contributed by atoms with Crippen molar-refractivity contribution >= 4 is 29.2 Å². The molecule has 4 nitrogen and oxygen atoms in total. The summed E-state index contributed by atoms with van der Waals surface area (Å²) >= 11 is 10.5. The molecule has 0 aliphatic heterocycles. The van der Waals surface area contributed by atoms with E-state index in [1.807, 2.05) is 0 Å². The van der Waals surface area contributed by atoms with Crippen LogP contribution in [0.15, 0.2) is 30.3 Å². The van der Waals surface area contributed by atoms with E-state index in [0.29, 0.717) is 6.07 Å². The van der Waals surface area contributed by atoms with Crippen LogP contribution in [-0.4, -0.2) is 21.0 Å². The molecule has 0 aromatic carbocycles. The summed E-state index contributed by atoms with van der Waals surface area (Å²) in [5.41, 5.74) is -2.64. The Hall–Kier alpha value is -2.07. The van der Waals surface area contributed by atoms with Crippen LogP contribution in [0, 0.1) is 0 Å². The van der Waals surface area contributed by atoms with Crippen LogP contribution in [0.3, 0.4) is 0 Å². The van der Waals surface area contributed by atoms with E-state index in [4.69, 9.17) is 28.3 Å². The zero-order chi connectivity index (χ0) is 19.4. The maximum absolute atomic E-state index is 12.0. The number of aromatic carboxylic acids is 1. The van der Waals surface area contributed by atoms with Crippen molar-refractivity contribution < 1.29 is 36.2 Å². The van der Waals surface area contributed by atoms with Crippen molar-refractivity contribution in [1.29, 1.82) is 0 Å². The lowest BCUT2D eigenvalue weighted by Crippen LogP contribution is -2.10. The van der Waals surface area contributed by atoms with Crippen molar-refractivity contribution in [2.24, 2.45) is 0 Å². The van der Waals surface area contributed by atoms with Crippen LogP contribution in [0.1, 0.15) is 21.7 Å². The molecule has 12 heteroatoms. The number of aromatic nitrogens is 2. The van der Waals surface area contributed by atoms with Crippen molar-refractivity contribution in [2.45, 2.75) is 12.4 Å². The quantitative estimate of drug-likeness (QED) is 0.521. The lowest BCUT2D eigenvalue weighted by molar-refractivity contribution is -0.141.